The molecular formula is C10H13BrN2O2S. The summed E-state index contributed by atoms with van der Waals surface area (Å²) in [5.41, 5.74) is 0. The highest BCUT2D eigenvalue weighted by molar-refractivity contribution is 9.10. The van der Waals surface area contributed by atoms with E-state index in [1.54, 1.807) is 11.3 Å². The van der Waals surface area contributed by atoms with Crippen LogP contribution in [-0.2, 0) is 16.0 Å². The van der Waals surface area contributed by atoms with Gasteiger partial charge in [0.2, 0.25) is 11.8 Å². The Labute approximate surface area is 107 Å². The van der Waals surface area contributed by atoms with Crippen LogP contribution < -0.4 is 10.6 Å². The minimum Gasteiger partial charge on any atom is -0.355 e. The summed E-state index contributed by atoms with van der Waals surface area (Å²) in [7, 11) is 0. The van der Waals surface area contributed by atoms with Gasteiger partial charge in [0.05, 0.1) is 6.42 Å². The van der Waals surface area contributed by atoms with E-state index in [1.807, 2.05) is 11.4 Å². The summed E-state index contributed by atoms with van der Waals surface area (Å²) < 4.78 is 0.999. The van der Waals surface area contributed by atoms with Crippen molar-refractivity contribution in [2.24, 2.45) is 0 Å². The van der Waals surface area contributed by atoms with Gasteiger partial charge in [-0.25, -0.2) is 0 Å². The zero-order valence-corrected chi connectivity index (χ0v) is 11.3. The summed E-state index contributed by atoms with van der Waals surface area (Å²) in [6.45, 7) is 2.38. The number of halogens is 1. The van der Waals surface area contributed by atoms with Gasteiger partial charge in [0.15, 0.2) is 0 Å². The first-order valence-electron chi connectivity index (χ1n) is 4.82. The zero-order valence-electron chi connectivity index (χ0n) is 8.88. The molecule has 1 heterocycles. The Morgan fingerprint density at radius 1 is 1.38 bits per heavy atom. The topological polar surface area (TPSA) is 58.2 Å². The highest BCUT2D eigenvalue weighted by Gasteiger charge is 2.04. The Morgan fingerprint density at radius 3 is 2.62 bits per heavy atom. The molecule has 0 bridgehead atoms. The van der Waals surface area contributed by atoms with Crippen molar-refractivity contribution in [2.75, 3.05) is 13.1 Å². The minimum absolute atomic E-state index is 0.0281. The van der Waals surface area contributed by atoms with Crippen LogP contribution in [0.1, 0.15) is 11.8 Å². The summed E-state index contributed by atoms with van der Waals surface area (Å²) in [4.78, 5) is 23.0. The van der Waals surface area contributed by atoms with Crippen molar-refractivity contribution in [1.82, 2.24) is 10.6 Å². The fourth-order valence-corrected chi connectivity index (χ4v) is 2.56. The van der Waals surface area contributed by atoms with Crippen LogP contribution in [0.3, 0.4) is 0 Å². The molecule has 0 spiro atoms. The molecule has 6 heteroatoms. The number of carbonyl (C=O) groups is 2. The average molecular weight is 305 g/mol. The summed E-state index contributed by atoms with van der Waals surface area (Å²) in [5, 5.41) is 7.29. The number of thiophene rings is 1. The molecule has 16 heavy (non-hydrogen) atoms. The maximum atomic E-state index is 11.4. The summed E-state index contributed by atoms with van der Waals surface area (Å²) >= 11 is 4.88. The molecule has 0 aliphatic heterocycles. The number of rotatable bonds is 5. The van der Waals surface area contributed by atoms with E-state index >= 15 is 0 Å². The molecule has 2 N–H and O–H groups in total. The second-order valence-electron chi connectivity index (χ2n) is 3.24. The minimum atomic E-state index is -0.0866. The highest BCUT2D eigenvalue weighted by atomic mass is 79.9. The van der Waals surface area contributed by atoms with Crippen molar-refractivity contribution in [2.45, 2.75) is 13.3 Å². The lowest BCUT2D eigenvalue weighted by atomic mass is 10.3. The third-order valence-electron chi connectivity index (χ3n) is 1.78. The molecule has 0 radical (unpaired) electrons. The van der Waals surface area contributed by atoms with E-state index in [4.69, 9.17) is 0 Å². The van der Waals surface area contributed by atoms with E-state index in [1.165, 1.54) is 6.92 Å². The van der Waals surface area contributed by atoms with Gasteiger partial charge < -0.3 is 10.6 Å². The molecule has 1 aromatic heterocycles. The second-order valence-corrected chi connectivity index (χ2v) is 5.15. The van der Waals surface area contributed by atoms with Crippen LogP contribution in [0.25, 0.3) is 0 Å². The van der Waals surface area contributed by atoms with Crippen LogP contribution in [0.2, 0.25) is 0 Å². The van der Waals surface area contributed by atoms with Gasteiger partial charge in [-0.05, 0) is 22.0 Å². The van der Waals surface area contributed by atoms with Crippen LogP contribution in [0.5, 0.6) is 0 Å². The maximum Gasteiger partial charge on any atom is 0.225 e. The summed E-state index contributed by atoms with van der Waals surface area (Å²) in [6.07, 6.45) is 0.385. The third kappa shape index (κ3) is 5.27. The Kier molecular flexibility index (Phi) is 5.48. The van der Waals surface area contributed by atoms with E-state index in [0.717, 1.165) is 9.35 Å². The molecule has 0 saturated heterocycles. The lowest BCUT2D eigenvalue weighted by Gasteiger charge is -2.04. The molecule has 88 valence electrons. The first-order chi connectivity index (χ1) is 7.58. The molecule has 0 unspecified atom stereocenters. The van der Waals surface area contributed by atoms with E-state index in [9.17, 15) is 9.59 Å². The quantitative estimate of drug-likeness (QED) is 0.806. The molecule has 0 aromatic carbocycles. The molecule has 1 rings (SSSR count). The molecule has 1 aromatic rings. The normalized spacial score (nSPS) is 9.88. The monoisotopic (exact) mass is 304 g/mol. The largest absolute Gasteiger partial charge is 0.355 e. The van der Waals surface area contributed by atoms with Crippen molar-refractivity contribution in [1.29, 1.82) is 0 Å². The van der Waals surface area contributed by atoms with Gasteiger partial charge in [-0.15, -0.1) is 11.3 Å². The Morgan fingerprint density at radius 2 is 2.06 bits per heavy atom. The highest BCUT2D eigenvalue weighted by Crippen LogP contribution is 2.19. The maximum absolute atomic E-state index is 11.4. The van der Waals surface area contributed by atoms with Gasteiger partial charge in [-0.2, -0.15) is 0 Å². The van der Waals surface area contributed by atoms with Gasteiger partial charge in [-0.3, -0.25) is 9.59 Å². The number of hydrogen-bond donors (Lipinski definition) is 2. The Bertz CT molecular complexity index is 379. The molecular weight excluding hydrogens is 292 g/mol. The summed E-state index contributed by atoms with van der Waals surface area (Å²) in [5.74, 6) is -0.115. The predicted octanol–water partition coefficient (Wildman–Crippen LogP) is 1.31. The molecule has 0 saturated carbocycles. The van der Waals surface area contributed by atoms with Crippen molar-refractivity contribution >= 4 is 39.1 Å². The SMILES string of the molecule is CC(=O)NCCNC(=O)Cc1cc(Br)cs1. The predicted molar refractivity (Wildman–Crippen MR) is 67.4 cm³/mol. The summed E-state index contributed by atoms with van der Waals surface area (Å²) in [6, 6.07) is 1.93. The van der Waals surface area contributed by atoms with Crippen molar-refractivity contribution < 1.29 is 9.59 Å². The fourth-order valence-electron chi connectivity index (χ4n) is 1.11. The zero-order chi connectivity index (χ0) is 12.0. The first kappa shape index (κ1) is 13.2. The van der Waals surface area contributed by atoms with Crippen molar-refractivity contribution in [3.05, 3.63) is 20.8 Å². The molecule has 0 aliphatic carbocycles. The number of amides is 2. The molecule has 0 fully saturated rings. The van der Waals surface area contributed by atoms with Crippen LogP contribution in [0.15, 0.2) is 15.9 Å². The first-order valence-corrected chi connectivity index (χ1v) is 6.49. The van der Waals surface area contributed by atoms with Gasteiger partial charge in [-0.1, -0.05) is 0 Å². The van der Waals surface area contributed by atoms with E-state index in [-0.39, 0.29) is 11.8 Å². The standard InChI is InChI=1S/C10H13BrN2O2S/c1-7(14)12-2-3-13-10(15)5-9-4-8(11)6-16-9/h4,6H,2-3,5H2,1H3,(H,12,14)(H,13,15). The van der Waals surface area contributed by atoms with Gasteiger partial charge in [0, 0.05) is 34.7 Å². The second kappa shape index (κ2) is 6.65. The average Bonchev–Trinajstić information content (AvgIpc) is 2.58. The molecule has 4 nitrogen and oxygen atoms in total. The van der Waals surface area contributed by atoms with Gasteiger partial charge >= 0.3 is 0 Å². The Hall–Kier alpha value is -0.880. The number of carbonyl (C=O) groups excluding carboxylic acids is 2. The molecule has 0 aliphatic rings. The van der Waals surface area contributed by atoms with Crippen LogP contribution in [0.4, 0.5) is 0 Å². The number of nitrogens with one attached hydrogen (secondary N) is 2. The lowest BCUT2D eigenvalue weighted by Crippen LogP contribution is -2.34. The van der Waals surface area contributed by atoms with Gasteiger partial charge in [0.25, 0.3) is 0 Å². The van der Waals surface area contributed by atoms with E-state index in [0.29, 0.717) is 19.5 Å². The number of hydrogen-bond acceptors (Lipinski definition) is 3. The fraction of sp³-hybridized carbons (Fsp3) is 0.400. The lowest BCUT2D eigenvalue weighted by molar-refractivity contribution is -0.121. The van der Waals surface area contributed by atoms with Crippen LogP contribution >= 0.6 is 27.3 Å². The third-order valence-corrected chi connectivity index (χ3v) is 3.48. The van der Waals surface area contributed by atoms with Crippen molar-refractivity contribution in [3.63, 3.8) is 0 Å². The Balaban J connectivity index is 2.18. The van der Waals surface area contributed by atoms with E-state index < -0.39 is 0 Å². The molecule has 2 amide bonds. The van der Waals surface area contributed by atoms with Crippen molar-refractivity contribution in [3.8, 4) is 0 Å². The molecule has 0 atom stereocenters. The van der Waals surface area contributed by atoms with Crippen LogP contribution in [0, 0.1) is 0 Å². The van der Waals surface area contributed by atoms with Gasteiger partial charge in [0.1, 0.15) is 0 Å². The smallest absolute Gasteiger partial charge is 0.225 e. The van der Waals surface area contributed by atoms with E-state index in [2.05, 4.69) is 26.6 Å². The van der Waals surface area contributed by atoms with Crippen LogP contribution in [-0.4, -0.2) is 24.9 Å².